The zero-order valence-corrected chi connectivity index (χ0v) is 13.4. The van der Waals surface area contributed by atoms with Gasteiger partial charge in [-0.15, -0.1) is 12.4 Å². The standard InChI is InChI=1S/C13H24N2O4.ClH/c1-13(2,3)19-12(17)15(9-11(16)18-4)10-5-7-14-8-6-10;/h10,14H,5-9H2,1-4H3;1H. The summed E-state index contributed by atoms with van der Waals surface area (Å²) in [6, 6.07) is 0.0233. The molecule has 20 heavy (non-hydrogen) atoms. The topological polar surface area (TPSA) is 67.9 Å². The van der Waals surface area contributed by atoms with Crippen LogP contribution in [0.15, 0.2) is 0 Å². The molecule has 0 aromatic carbocycles. The lowest BCUT2D eigenvalue weighted by atomic mass is 10.1. The predicted molar refractivity (Wildman–Crippen MR) is 78.1 cm³/mol. The molecule has 0 atom stereocenters. The first-order valence-corrected chi connectivity index (χ1v) is 6.60. The van der Waals surface area contributed by atoms with Gasteiger partial charge in [0.05, 0.1) is 7.11 Å². The van der Waals surface area contributed by atoms with E-state index in [0.29, 0.717) is 0 Å². The molecule has 0 aromatic rings. The van der Waals surface area contributed by atoms with Gasteiger partial charge in [-0.3, -0.25) is 9.69 Å². The molecular weight excluding hydrogens is 284 g/mol. The van der Waals surface area contributed by atoms with Crippen LogP contribution in [0.1, 0.15) is 33.6 Å². The second kappa shape index (κ2) is 8.32. The van der Waals surface area contributed by atoms with Crippen LogP contribution in [0.5, 0.6) is 0 Å². The number of ether oxygens (including phenoxy) is 2. The first kappa shape index (κ1) is 19.0. The van der Waals surface area contributed by atoms with Crippen molar-refractivity contribution in [3.63, 3.8) is 0 Å². The summed E-state index contributed by atoms with van der Waals surface area (Å²) in [5.74, 6) is -0.426. The van der Waals surface area contributed by atoms with E-state index in [0.717, 1.165) is 25.9 Å². The van der Waals surface area contributed by atoms with Crippen molar-refractivity contribution in [3.05, 3.63) is 0 Å². The van der Waals surface area contributed by atoms with Gasteiger partial charge >= 0.3 is 12.1 Å². The van der Waals surface area contributed by atoms with Gasteiger partial charge in [0.2, 0.25) is 0 Å². The van der Waals surface area contributed by atoms with E-state index in [2.05, 4.69) is 10.1 Å². The summed E-state index contributed by atoms with van der Waals surface area (Å²) in [6.45, 7) is 7.04. The molecule has 0 saturated carbocycles. The largest absolute Gasteiger partial charge is 0.468 e. The van der Waals surface area contributed by atoms with E-state index >= 15 is 0 Å². The Morgan fingerprint density at radius 2 is 1.80 bits per heavy atom. The van der Waals surface area contributed by atoms with Crippen molar-refractivity contribution in [3.8, 4) is 0 Å². The molecule has 0 bridgehead atoms. The summed E-state index contributed by atoms with van der Waals surface area (Å²) >= 11 is 0. The summed E-state index contributed by atoms with van der Waals surface area (Å²) in [5, 5.41) is 3.23. The summed E-state index contributed by atoms with van der Waals surface area (Å²) in [5.41, 5.74) is -0.571. The van der Waals surface area contributed by atoms with Crippen LogP contribution in [0.4, 0.5) is 4.79 Å². The second-order valence-corrected chi connectivity index (χ2v) is 5.67. The maximum atomic E-state index is 12.2. The minimum Gasteiger partial charge on any atom is -0.468 e. The maximum Gasteiger partial charge on any atom is 0.411 e. The summed E-state index contributed by atoms with van der Waals surface area (Å²) in [7, 11) is 1.32. The highest BCUT2D eigenvalue weighted by Crippen LogP contribution is 2.17. The van der Waals surface area contributed by atoms with E-state index < -0.39 is 17.7 Å². The van der Waals surface area contributed by atoms with E-state index in [1.165, 1.54) is 12.0 Å². The van der Waals surface area contributed by atoms with Gasteiger partial charge in [-0.1, -0.05) is 0 Å². The number of carbonyl (C=O) groups excluding carboxylic acids is 2. The lowest BCUT2D eigenvalue weighted by Gasteiger charge is -2.35. The Morgan fingerprint density at radius 1 is 1.25 bits per heavy atom. The molecule has 1 aliphatic heterocycles. The second-order valence-electron chi connectivity index (χ2n) is 5.67. The van der Waals surface area contributed by atoms with Crippen LogP contribution in [-0.4, -0.2) is 55.3 Å². The number of methoxy groups -OCH3 is 1. The number of nitrogens with zero attached hydrogens (tertiary/aromatic N) is 1. The van der Waals surface area contributed by atoms with Crippen LogP contribution in [0.25, 0.3) is 0 Å². The summed E-state index contributed by atoms with van der Waals surface area (Å²) < 4.78 is 10.0. The third-order valence-corrected chi connectivity index (χ3v) is 2.90. The molecule has 7 heteroatoms. The molecule has 1 aliphatic rings. The van der Waals surface area contributed by atoms with Crippen LogP contribution < -0.4 is 5.32 Å². The zero-order chi connectivity index (χ0) is 14.5. The van der Waals surface area contributed by atoms with Gasteiger partial charge < -0.3 is 14.8 Å². The number of hydrogen-bond donors (Lipinski definition) is 1. The highest BCUT2D eigenvalue weighted by Gasteiger charge is 2.31. The molecule has 0 unspecified atom stereocenters. The van der Waals surface area contributed by atoms with E-state index in [4.69, 9.17) is 4.74 Å². The van der Waals surface area contributed by atoms with Crippen molar-refractivity contribution in [1.82, 2.24) is 10.2 Å². The molecular formula is C13H25ClN2O4. The van der Waals surface area contributed by atoms with Crippen molar-refractivity contribution in [2.75, 3.05) is 26.7 Å². The number of esters is 1. The van der Waals surface area contributed by atoms with Crippen molar-refractivity contribution < 1.29 is 19.1 Å². The minimum absolute atomic E-state index is 0. The van der Waals surface area contributed by atoms with Gasteiger partial charge in [-0.25, -0.2) is 4.79 Å². The molecule has 1 saturated heterocycles. The fraction of sp³-hybridized carbons (Fsp3) is 0.846. The van der Waals surface area contributed by atoms with Crippen molar-refractivity contribution in [2.45, 2.75) is 45.3 Å². The van der Waals surface area contributed by atoms with Gasteiger partial charge in [-0.2, -0.15) is 0 Å². The number of rotatable bonds is 3. The summed E-state index contributed by atoms with van der Waals surface area (Å²) in [4.78, 5) is 25.1. The SMILES string of the molecule is COC(=O)CN(C(=O)OC(C)(C)C)C1CCNCC1.Cl. The van der Waals surface area contributed by atoms with Gasteiger partial charge in [0, 0.05) is 6.04 Å². The van der Waals surface area contributed by atoms with E-state index in [1.54, 1.807) is 0 Å². The number of nitrogens with one attached hydrogen (secondary N) is 1. The van der Waals surface area contributed by atoms with Crippen LogP contribution in [0.2, 0.25) is 0 Å². The van der Waals surface area contributed by atoms with Crippen LogP contribution in [-0.2, 0) is 14.3 Å². The highest BCUT2D eigenvalue weighted by atomic mass is 35.5. The van der Waals surface area contributed by atoms with Gasteiger partial charge in [-0.05, 0) is 46.7 Å². The number of hydrogen-bond acceptors (Lipinski definition) is 5. The molecule has 6 nitrogen and oxygen atoms in total. The average Bonchev–Trinajstić information content (AvgIpc) is 2.34. The van der Waals surface area contributed by atoms with Gasteiger partial charge in [0.15, 0.2) is 0 Å². The maximum absolute atomic E-state index is 12.2. The Hall–Kier alpha value is -1.01. The van der Waals surface area contributed by atoms with Crippen molar-refractivity contribution >= 4 is 24.5 Å². The molecule has 0 spiro atoms. The first-order valence-electron chi connectivity index (χ1n) is 6.60. The number of carbonyl (C=O) groups is 2. The Labute approximate surface area is 126 Å². The molecule has 1 fully saturated rings. The molecule has 1 heterocycles. The lowest BCUT2D eigenvalue weighted by molar-refractivity contribution is -0.142. The normalized spacial score (nSPS) is 16.0. The molecule has 118 valence electrons. The average molecular weight is 309 g/mol. The number of piperidine rings is 1. The monoisotopic (exact) mass is 308 g/mol. The fourth-order valence-electron chi connectivity index (χ4n) is 1.99. The smallest absolute Gasteiger partial charge is 0.411 e. The first-order chi connectivity index (χ1) is 8.83. The zero-order valence-electron chi connectivity index (χ0n) is 12.6. The highest BCUT2D eigenvalue weighted by molar-refractivity contribution is 5.85. The Balaban J connectivity index is 0.00000361. The van der Waals surface area contributed by atoms with E-state index in [9.17, 15) is 9.59 Å². The van der Waals surface area contributed by atoms with Crippen molar-refractivity contribution in [2.24, 2.45) is 0 Å². The van der Waals surface area contributed by atoms with E-state index in [1.807, 2.05) is 20.8 Å². The van der Waals surface area contributed by atoms with E-state index in [-0.39, 0.29) is 25.0 Å². The lowest BCUT2D eigenvalue weighted by Crippen LogP contribution is -2.49. The molecule has 1 N–H and O–H groups in total. The Morgan fingerprint density at radius 3 is 2.25 bits per heavy atom. The third-order valence-electron chi connectivity index (χ3n) is 2.90. The Bertz CT molecular complexity index is 325. The van der Waals surface area contributed by atoms with Crippen LogP contribution in [0.3, 0.4) is 0 Å². The molecule has 0 radical (unpaired) electrons. The fourth-order valence-corrected chi connectivity index (χ4v) is 1.99. The van der Waals surface area contributed by atoms with Crippen LogP contribution in [0, 0.1) is 0 Å². The van der Waals surface area contributed by atoms with Crippen LogP contribution >= 0.6 is 12.4 Å². The van der Waals surface area contributed by atoms with Crippen molar-refractivity contribution in [1.29, 1.82) is 0 Å². The quantitative estimate of drug-likeness (QED) is 0.802. The van der Waals surface area contributed by atoms with Gasteiger partial charge in [0.25, 0.3) is 0 Å². The number of amides is 1. The minimum atomic E-state index is -0.571. The number of halogens is 1. The summed E-state index contributed by atoms with van der Waals surface area (Å²) in [6.07, 6.45) is 1.18. The molecule has 0 aliphatic carbocycles. The molecule has 1 rings (SSSR count). The third kappa shape index (κ3) is 6.43. The predicted octanol–water partition coefficient (Wildman–Crippen LogP) is 1.57. The van der Waals surface area contributed by atoms with Gasteiger partial charge in [0.1, 0.15) is 12.1 Å². The molecule has 0 aromatic heterocycles. The molecule has 1 amide bonds. The Kier molecular flexibility index (Phi) is 7.90.